The van der Waals surface area contributed by atoms with Gasteiger partial charge in [0.2, 0.25) is 11.4 Å². The maximum Gasteiger partial charge on any atom is 0.305 e. The van der Waals surface area contributed by atoms with Gasteiger partial charge in [-0.1, -0.05) is 32.1 Å². The molecule has 0 amide bonds. The van der Waals surface area contributed by atoms with Crippen LogP contribution in [0.1, 0.15) is 173 Å². The number of hydrogen-bond acceptors (Lipinski definition) is 21. The molecule has 0 saturated carbocycles. The number of aliphatic hydroxyl groups is 1. The summed E-state index contributed by atoms with van der Waals surface area (Å²) in [6, 6.07) is 14.9. The van der Waals surface area contributed by atoms with Crippen molar-refractivity contribution in [2.75, 3.05) is 84.8 Å². The summed E-state index contributed by atoms with van der Waals surface area (Å²) in [5, 5.41) is 30.4. The predicted molar refractivity (Wildman–Crippen MR) is 354 cm³/mol. The largest absolute Gasteiger partial charge is 0.496 e. The van der Waals surface area contributed by atoms with Crippen LogP contribution in [0, 0.1) is 20.2 Å². The van der Waals surface area contributed by atoms with Crippen molar-refractivity contribution >= 4 is 36.3 Å². The van der Waals surface area contributed by atoms with Crippen molar-refractivity contribution in [3.63, 3.8) is 0 Å². The molecule has 0 aliphatic carbocycles. The monoisotopic (exact) mass is 1290 g/mol. The molecule has 0 heterocycles. The zero-order valence-electron chi connectivity index (χ0n) is 56.7. The summed E-state index contributed by atoms with van der Waals surface area (Å²) in [4.78, 5) is 64.9. The maximum absolute atomic E-state index is 11.1. The Kier molecular flexibility index (Phi) is 42.1. The van der Waals surface area contributed by atoms with E-state index in [1.807, 2.05) is 31.2 Å². The average molecular weight is 1290 g/mol. The highest BCUT2D eigenvalue weighted by Gasteiger charge is 2.17. The number of allylic oxidation sites excluding steroid dienone is 2. The van der Waals surface area contributed by atoms with Gasteiger partial charge in [0, 0.05) is 69.0 Å². The van der Waals surface area contributed by atoms with E-state index >= 15 is 0 Å². The summed E-state index contributed by atoms with van der Waals surface area (Å²) in [5.41, 5.74) is 12.8. The third-order valence-corrected chi connectivity index (χ3v) is 14.6. The highest BCUT2D eigenvalue weighted by Crippen LogP contribution is 2.35. The first-order valence-corrected chi connectivity index (χ1v) is 30.8. The second kappa shape index (κ2) is 47.5. The lowest BCUT2D eigenvalue weighted by atomic mass is 9.99. The first-order valence-electron chi connectivity index (χ1n) is 30.8. The van der Waals surface area contributed by atoms with Crippen LogP contribution in [0.15, 0.2) is 59.9 Å². The van der Waals surface area contributed by atoms with Gasteiger partial charge in [0.15, 0.2) is 6.29 Å². The molecule has 1 unspecified atom stereocenters. The van der Waals surface area contributed by atoms with Gasteiger partial charge >= 0.3 is 17.9 Å². The third kappa shape index (κ3) is 31.1. The van der Waals surface area contributed by atoms with Crippen molar-refractivity contribution in [2.24, 2.45) is 5.73 Å². The predicted octanol–water partition coefficient (Wildman–Crippen LogP) is 12.7. The maximum atomic E-state index is 11.1. The van der Waals surface area contributed by atoms with Crippen LogP contribution in [-0.2, 0) is 60.7 Å². The van der Waals surface area contributed by atoms with Crippen LogP contribution in [0.25, 0.3) is 12.2 Å². The van der Waals surface area contributed by atoms with E-state index in [9.17, 15) is 39.4 Å². The number of aldehydes is 1. The summed E-state index contributed by atoms with van der Waals surface area (Å²) in [5.74, 6) is 4.91. The Bertz CT molecular complexity index is 2850. The molecular formula is C69H101N3O20. The molecule has 23 heteroatoms. The Morgan fingerprint density at radius 3 is 0.967 bits per heavy atom. The lowest BCUT2D eigenvalue weighted by molar-refractivity contribution is -0.422. The molecule has 0 saturated heterocycles. The van der Waals surface area contributed by atoms with E-state index < -0.39 is 9.85 Å². The molecule has 4 aromatic carbocycles. The van der Waals surface area contributed by atoms with Gasteiger partial charge < -0.3 is 62.9 Å². The van der Waals surface area contributed by atoms with E-state index in [1.165, 1.54) is 74.2 Å². The third-order valence-electron chi connectivity index (χ3n) is 14.6. The summed E-state index contributed by atoms with van der Waals surface area (Å²) >= 11 is 0. The number of carbonyl (C=O) groups is 4. The fourth-order valence-corrected chi connectivity index (χ4v) is 9.51. The van der Waals surface area contributed by atoms with Gasteiger partial charge in [0.05, 0.1) is 93.6 Å². The minimum Gasteiger partial charge on any atom is -0.496 e. The van der Waals surface area contributed by atoms with Crippen LogP contribution in [-0.4, -0.2) is 130 Å². The fraction of sp³-hybridized carbons (Fsp3) is 0.536. The molecule has 0 radical (unpaired) electrons. The van der Waals surface area contributed by atoms with E-state index in [4.69, 9.17) is 48.7 Å². The topological polar surface area (TPSA) is 302 Å². The zero-order chi connectivity index (χ0) is 69.0. The number of nitrogens with two attached hydrogens (primary N) is 1. The number of aliphatic hydroxyl groups excluding tert-OH is 1. The van der Waals surface area contributed by atoms with E-state index in [0.717, 1.165) is 156 Å². The van der Waals surface area contributed by atoms with Crippen molar-refractivity contribution in [3.05, 3.63) is 125 Å². The molecule has 0 aromatic heterocycles. The molecule has 1 atom stereocenters. The van der Waals surface area contributed by atoms with Crippen molar-refractivity contribution in [2.45, 2.75) is 162 Å². The number of unbranched alkanes of at least 4 members (excludes halogenated alkanes) is 9. The molecule has 0 fully saturated rings. The first-order chi connectivity index (χ1) is 44.1. The van der Waals surface area contributed by atoms with Crippen LogP contribution in [0.5, 0.6) is 46.0 Å². The number of methoxy groups -OCH3 is 11. The number of ether oxygens (including phenoxy) is 11. The molecule has 23 nitrogen and oxygen atoms in total. The lowest BCUT2D eigenvalue weighted by Gasteiger charge is -2.16. The molecule has 3 N–H and O–H groups in total. The van der Waals surface area contributed by atoms with Crippen LogP contribution in [0.2, 0.25) is 0 Å². The second-order valence-corrected chi connectivity index (χ2v) is 21.4. The number of esters is 3. The van der Waals surface area contributed by atoms with Gasteiger partial charge in [-0.15, -0.1) is 0 Å². The zero-order valence-corrected chi connectivity index (χ0v) is 56.7. The lowest BCUT2D eigenvalue weighted by Crippen LogP contribution is -2.18. The summed E-state index contributed by atoms with van der Waals surface area (Å²) in [6.07, 6.45) is 20.9. The standard InChI is InChI=1S/2C18H25NO6.C17H29NO3.C16H22O5/c2*1-13(19(21)22)10-15-12-16(23-2)14(11-17(15)24-3)8-6-5-7-9-18(20)25-4;1-13(18)10-15-12-16(20-2)14(11-17(15)21-3)8-6-4-5-7-9-19;1-19-14-10-13(11-17)15(20-2)9-12(14)7-5-4-6-8-16(18)21-3/h2*10-12H,5-9H2,1-4H3;11-13,19H,4-10,18H2,1-3H3;9-11H,4-8H2,1-3H3/b2*13-10+;;. The SMILES string of the molecule is COC(=O)CCCCCc1cc(OC)c(/C=C(\C)[N+](=O)[O-])cc1OC.COC(=O)CCCCCc1cc(OC)c(/C=C(\C)[N+](=O)[O-])cc1OC.COC(=O)CCCCCc1cc(OC)c(C=O)cc1OC.COc1cc(CC(C)N)c(OC)cc1CCCCCCO. The quantitative estimate of drug-likeness (QED) is 0.0105. The Morgan fingerprint density at radius 1 is 0.424 bits per heavy atom. The minimum atomic E-state index is -0.443. The fourth-order valence-electron chi connectivity index (χ4n) is 9.51. The summed E-state index contributed by atoms with van der Waals surface area (Å²) < 4.78 is 56.9. The molecular weight excluding hydrogens is 1190 g/mol. The number of nitro groups is 2. The van der Waals surface area contributed by atoms with Crippen LogP contribution >= 0.6 is 0 Å². The van der Waals surface area contributed by atoms with Gasteiger partial charge in [-0.25, -0.2) is 0 Å². The summed E-state index contributed by atoms with van der Waals surface area (Å²) in [7, 11) is 16.9. The Morgan fingerprint density at radius 2 is 0.685 bits per heavy atom. The van der Waals surface area contributed by atoms with Crippen LogP contribution in [0.3, 0.4) is 0 Å². The Balaban J connectivity index is 0.000000615. The summed E-state index contributed by atoms with van der Waals surface area (Å²) in [6.45, 7) is 5.13. The van der Waals surface area contributed by atoms with E-state index in [2.05, 4.69) is 20.3 Å². The number of nitrogens with zero attached hydrogens (tertiary/aromatic N) is 2. The van der Waals surface area contributed by atoms with Crippen molar-refractivity contribution in [3.8, 4) is 46.0 Å². The number of benzene rings is 4. The van der Waals surface area contributed by atoms with Gasteiger partial charge in [0.25, 0.3) is 0 Å². The van der Waals surface area contributed by atoms with E-state index in [0.29, 0.717) is 70.4 Å². The van der Waals surface area contributed by atoms with E-state index in [-0.39, 0.29) is 42.0 Å². The number of aryl methyl sites for hydroxylation is 4. The smallest absolute Gasteiger partial charge is 0.305 e. The van der Waals surface area contributed by atoms with Gasteiger partial charge in [-0.2, -0.15) is 0 Å². The first kappa shape index (κ1) is 81.6. The van der Waals surface area contributed by atoms with Gasteiger partial charge in [0.1, 0.15) is 46.0 Å². The Hall–Kier alpha value is -8.44. The second-order valence-electron chi connectivity index (χ2n) is 21.4. The normalized spacial score (nSPS) is 11.1. The molecule has 512 valence electrons. The van der Waals surface area contributed by atoms with Gasteiger partial charge in [-0.05, 0) is 167 Å². The molecule has 0 bridgehead atoms. The van der Waals surface area contributed by atoms with Gasteiger partial charge in [-0.3, -0.25) is 39.4 Å². The number of carbonyl (C=O) groups excluding carboxylic acids is 4. The molecule has 92 heavy (non-hydrogen) atoms. The van der Waals surface area contributed by atoms with Crippen LogP contribution in [0.4, 0.5) is 0 Å². The highest BCUT2D eigenvalue weighted by atomic mass is 16.6. The average Bonchev–Trinajstić information content (AvgIpc) is 0.908. The van der Waals surface area contributed by atoms with Crippen molar-refractivity contribution in [1.29, 1.82) is 0 Å². The molecule has 0 spiro atoms. The molecule has 4 rings (SSSR count). The number of hydrogen-bond donors (Lipinski definition) is 2. The highest BCUT2D eigenvalue weighted by molar-refractivity contribution is 5.81. The van der Waals surface area contributed by atoms with Crippen molar-refractivity contribution in [1.82, 2.24) is 0 Å². The minimum absolute atomic E-state index is 0.0240. The number of rotatable bonds is 39. The Labute approximate surface area is 543 Å². The van der Waals surface area contributed by atoms with E-state index in [1.54, 1.807) is 53.7 Å². The molecule has 4 aromatic rings. The molecule has 0 aliphatic heterocycles. The van der Waals surface area contributed by atoms with Crippen molar-refractivity contribution < 1.29 is 86.2 Å². The van der Waals surface area contributed by atoms with Crippen LogP contribution < -0.4 is 43.6 Å². The molecule has 0 aliphatic rings.